The zero-order valence-corrected chi connectivity index (χ0v) is 18.9. The SMILES string of the molecule is COCC[C@H]1CN(CC2(C)C=C(Cl)C(Cl)=CC2)CCN1C(=O)CC(C)(C)C. The highest BCUT2D eigenvalue weighted by molar-refractivity contribution is 6.44. The topological polar surface area (TPSA) is 32.8 Å². The molecule has 0 spiro atoms. The summed E-state index contributed by atoms with van der Waals surface area (Å²) in [6.45, 7) is 12.7. The van der Waals surface area contributed by atoms with Gasteiger partial charge in [-0.1, -0.05) is 63.0 Å². The first-order valence-electron chi connectivity index (χ1n) is 9.78. The Morgan fingerprint density at radius 2 is 2.00 bits per heavy atom. The van der Waals surface area contributed by atoms with Crippen LogP contribution >= 0.6 is 23.2 Å². The van der Waals surface area contributed by atoms with E-state index >= 15 is 0 Å². The first kappa shape index (κ1) is 22.7. The molecule has 2 rings (SSSR count). The number of rotatable bonds is 6. The van der Waals surface area contributed by atoms with Crippen molar-refractivity contribution in [2.24, 2.45) is 10.8 Å². The van der Waals surface area contributed by atoms with Gasteiger partial charge in [0.2, 0.25) is 5.91 Å². The average molecular weight is 417 g/mol. The van der Waals surface area contributed by atoms with E-state index < -0.39 is 0 Å². The molecule has 1 heterocycles. The van der Waals surface area contributed by atoms with Crippen molar-refractivity contribution < 1.29 is 9.53 Å². The molecule has 2 atom stereocenters. The van der Waals surface area contributed by atoms with Crippen molar-refractivity contribution in [1.82, 2.24) is 9.80 Å². The molecular weight excluding hydrogens is 383 g/mol. The molecule has 6 heteroatoms. The Bertz CT molecular complexity index is 597. The van der Waals surface area contributed by atoms with Crippen molar-refractivity contribution >= 4 is 29.1 Å². The molecule has 0 N–H and O–H groups in total. The average Bonchev–Trinajstić information content (AvgIpc) is 2.55. The third-order valence-electron chi connectivity index (χ3n) is 5.26. The molecule has 0 bridgehead atoms. The van der Waals surface area contributed by atoms with Crippen LogP contribution in [0.15, 0.2) is 22.2 Å². The summed E-state index contributed by atoms with van der Waals surface area (Å²) in [4.78, 5) is 17.4. The zero-order chi connectivity index (χ0) is 20.2. The van der Waals surface area contributed by atoms with Crippen molar-refractivity contribution in [3.8, 4) is 0 Å². The predicted molar refractivity (Wildman–Crippen MR) is 113 cm³/mol. The lowest BCUT2D eigenvalue weighted by molar-refractivity contribution is -0.138. The van der Waals surface area contributed by atoms with E-state index in [1.165, 1.54) is 0 Å². The summed E-state index contributed by atoms with van der Waals surface area (Å²) in [5.41, 5.74) is -0.0262. The number of hydrogen-bond donors (Lipinski definition) is 0. The molecule has 2 aliphatic rings. The lowest BCUT2D eigenvalue weighted by Gasteiger charge is -2.45. The van der Waals surface area contributed by atoms with Gasteiger partial charge in [-0.25, -0.2) is 0 Å². The smallest absolute Gasteiger partial charge is 0.223 e. The Labute approximate surface area is 174 Å². The molecule has 1 unspecified atom stereocenters. The van der Waals surface area contributed by atoms with E-state index in [0.29, 0.717) is 23.1 Å². The highest BCUT2D eigenvalue weighted by atomic mass is 35.5. The molecule has 1 saturated heterocycles. The van der Waals surface area contributed by atoms with Crippen molar-refractivity contribution in [3.63, 3.8) is 0 Å². The van der Waals surface area contributed by atoms with E-state index in [4.69, 9.17) is 27.9 Å². The second-order valence-corrected chi connectivity index (χ2v) is 10.2. The largest absolute Gasteiger partial charge is 0.385 e. The van der Waals surface area contributed by atoms with Gasteiger partial charge in [0.1, 0.15) is 0 Å². The number of hydrogen-bond acceptors (Lipinski definition) is 3. The number of amides is 1. The quantitative estimate of drug-likeness (QED) is 0.632. The number of halogens is 2. The standard InChI is InChI=1S/C21H34Cl2N2O2/c1-20(2,3)13-19(26)25-10-9-24(14-16(25)7-11-27-5)15-21(4)8-6-17(22)18(23)12-21/h6,12,16H,7-11,13-15H2,1-5H3/t16-,21?/m0/s1. The fourth-order valence-corrected chi connectivity index (χ4v) is 4.40. The highest BCUT2D eigenvalue weighted by Crippen LogP contribution is 2.37. The maximum Gasteiger partial charge on any atom is 0.223 e. The molecule has 0 aromatic rings. The fraction of sp³-hybridized carbons (Fsp3) is 0.762. The number of nitrogens with zero attached hydrogens (tertiary/aromatic N) is 2. The summed E-state index contributed by atoms with van der Waals surface area (Å²) in [7, 11) is 1.72. The second kappa shape index (κ2) is 9.30. The third-order valence-corrected chi connectivity index (χ3v) is 6.03. The molecule has 1 amide bonds. The summed E-state index contributed by atoms with van der Waals surface area (Å²) < 4.78 is 5.30. The summed E-state index contributed by atoms with van der Waals surface area (Å²) in [5.74, 6) is 0.254. The predicted octanol–water partition coefficient (Wildman–Crippen LogP) is 4.63. The molecule has 27 heavy (non-hydrogen) atoms. The van der Waals surface area contributed by atoms with Crippen LogP contribution in [0, 0.1) is 10.8 Å². The lowest BCUT2D eigenvalue weighted by Crippen LogP contribution is -2.57. The zero-order valence-electron chi connectivity index (χ0n) is 17.4. The Balaban J connectivity index is 2.03. The van der Waals surface area contributed by atoms with E-state index in [1.54, 1.807) is 7.11 Å². The summed E-state index contributed by atoms with van der Waals surface area (Å²) in [6, 6.07) is 0.194. The van der Waals surface area contributed by atoms with Crippen molar-refractivity contribution in [3.05, 3.63) is 22.2 Å². The number of allylic oxidation sites excluding steroid dienone is 3. The van der Waals surface area contributed by atoms with Gasteiger partial charge >= 0.3 is 0 Å². The molecule has 4 nitrogen and oxygen atoms in total. The van der Waals surface area contributed by atoms with Crippen LogP contribution in [0.4, 0.5) is 0 Å². The summed E-state index contributed by atoms with van der Waals surface area (Å²) >= 11 is 12.4. The van der Waals surface area contributed by atoms with E-state index in [-0.39, 0.29) is 22.8 Å². The third kappa shape index (κ3) is 6.77. The second-order valence-electron chi connectivity index (χ2n) is 9.40. The van der Waals surface area contributed by atoms with E-state index in [0.717, 1.165) is 39.0 Å². The van der Waals surface area contributed by atoms with Gasteiger partial charge in [-0.2, -0.15) is 0 Å². The fourth-order valence-electron chi connectivity index (χ4n) is 3.92. The van der Waals surface area contributed by atoms with Crippen LogP contribution in [0.2, 0.25) is 0 Å². The van der Waals surface area contributed by atoms with E-state index in [1.807, 2.05) is 6.08 Å². The molecule has 0 radical (unpaired) electrons. The van der Waals surface area contributed by atoms with Crippen LogP contribution in [-0.4, -0.2) is 61.6 Å². The van der Waals surface area contributed by atoms with Crippen LogP contribution in [0.3, 0.4) is 0 Å². The molecule has 154 valence electrons. The molecule has 1 aliphatic heterocycles. The van der Waals surface area contributed by atoms with E-state index in [2.05, 4.69) is 43.6 Å². The maximum absolute atomic E-state index is 12.8. The van der Waals surface area contributed by atoms with Crippen molar-refractivity contribution in [1.29, 1.82) is 0 Å². The Morgan fingerprint density at radius 1 is 1.30 bits per heavy atom. The summed E-state index contributed by atoms with van der Waals surface area (Å²) in [5, 5.41) is 1.28. The number of carbonyl (C=O) groups excluding carboxylic acids is 1. The van der Waals surface area contributed by atoms with Gasteiger partial charge in [-0.3, -0.25) is 9.69 Å². The van der Waals surface area contributed by atoms with Gasteiger partial charge in [0.15, 0.2) is 0 Å². The molecule has 0 saturated carbocycles. The van der Waals surface area contributed by atoms with Gasteiger partial charge in [-0.15, -0.1) is 0 Å². The van der Waals surface area contributed by atoms with Crippen LogP contribution in [0.5, 0.6) is 0 Å². The van der Waals surface area contributed by atoms with Crippen LogP contribution in [0.25, 0.3) is 0 Å². The number of methoxy groups -OCH3 is 1. The van der Waals surface area contributed by atoms with E-state index in [9.17, 15) is 4.79 Å². The minimum absolute atomic E-state index is 0.00272. The Hall–Kier alpha value is -0.550. The minimum Gasteiger partial charge on any atom is -0.385 e. The normalized spacial score (nSPS) is 27.4. The molecule has 0 aromatic carbocycles. The first-order chi connectivity index (χ1) is 12.5. The van der Waals surface area contributed by atoms with Gasteiger partial charge in [0.25, 0.3) is 0 Å². The number of piperazine rings is 1. The first-order valence-corrected chi connectivity index (χ1v) is 10.5. The van der Waals surface area contributed by atoms with Crippen molar-refractivity contribution in [2.75, 3.05) is 39.9 Å². The van der Waals surface area contributed by atoms with Gasteiger partial charge in [0.05, 0.1) is 10.1 Å². The van der Waals surface area contributed by atoms with Crippen LogP contribution in [-0.2, 0) is 9.53 Å². The Morgan fingerprint density at radius 3 is 2.59 bits per heavy atom. The number of carbonyl (C=O) groups is 1. The minimum atomic E-state index is -0.0289. The Kier molecular flexibility index (Phi) is 7.83. The van der Waals surface area contributed by atoms with Crippen molar-refractivity contribution in [2.45, 2.75) is 53.0 Å². The highest BCUT2D eigenvalue weighted by Gasteiger charge is 2.35. The van der Waals surface area contributed by atoms with Crippen LogP contribution in [0.1, 0.15) is 47.0 Å². The summed E-state index contributed by atoms with van der Waals surface area (Å²) in [6.07, 6.45) is 6.42. The van der Waals surface area contributed by atoms with Crippen LogP contribution < -0.4 is 0 Å². The van der Waals surface area contributed by atoms with Gasteiger partial charge in [-0.05, 0) is 18.3 Å². The lowest BCUT2D eigenvalue weighted by atomic mass is 9.82. The maximum atomic E-state index is 12.8. The molecule has 0 aromatic heterocycles. The molecular formula is C21H34Cl2N2O2. The molecule has 1 fully saturated rings. The van der Waals surface area contributed by atoms with Gasteiger partial charge < -0.3 is 9.64 Å². The number of ether oxygens (including phenoxy) is 1. The molecule has 1 aliphatic carbocycles. The van der Waals surface area contributed by atoms with Gasteiger partial charge in [0, 0.05) is 57.8 Å². The monoisotopic (exact) mass is 416 g/mol.